The van der Waals surface area contributed by atoms with E-state index in [2.05, 4.69) is 74.6 Å². The van der Waals surface area contributed by atoms with Gasteiger partial charge in [-0.2, -0.15) is 0 Å². The Bertz CT molecular complexity index is 1570. The van der Waals surface area contributed by atoms with Crippen LogP contribution in [-0.4, -0.2) is 74.9 Å². The summed E-state index contributed by atoms with van der Waals surface area (Å²) in [5, 5.41) is 0. The van der Waals surface area contributed by atoms with Crippen LogP contribution in [-0.2, 0) is 32.7 Å². The van der Waals surface area contributed by atoms with Gasteiger partial charge in [0.2, 0.25) is 0 Å². The molecule has 480 valence electrons. The van der Waals surface area contributed by atoms with Gasteiger partial charge in [0.25, 0.3) is 0 Å². The van der Waals surface area contributed by atoms with E-state index in [0.29, 0.717) is 17.4 Å². The van der Waals surface area contributed by atoms with Crippen molar-refractivity contribution in [1.29, 1.82) is 0 Å². The number of hydrogen-bond acceptors (Lipinski definition) is 7. The number of quaternary nitrogens is 1. The summed E-state index contributed by atoms with van der Waals surface area (Å²) in [6.07, 6.45) is 83.3. The SMILES string of the molecule is CCCCCCC/C=C\C/C=C\C/C=C\CCCCCCCCCCC(=O)OC(COC(=O)CCCCCCCCCCCCCCCCCCCCCCCCC/C=C\C/C=C\CCCCCCC)COP(=O)(O)OCC[N+](C)(C)C. The third-order valence-corrected chi connectivity index (χ3v) is 16.5. The van der Waals surface area contributed by atoms with Crippen molar-refractivity contribution in [3.05, 3.63) is 60.8 Å². The maximum atomic E-state index is 12.9. The first-order valence-electron chi connectivity index (χ1n) is 35.0. The molecule has 2 atom stereocenters. The molecule has 0 aromatic carbocycles. The summed E-state index contributed by atoms with van der Waals surface area (Å²) in [6, 6.07) is 0. The lowest BCUT2D eigenvalue weighted by Crippen LogP contribution is -2.37. The lowest BCUT2D eigenvalue weighted by molar-refractivity contribution is -0.870. The van der Waals surface area contributed by atoms with Gasteiger partial charge in [-0.25, -0.2) is 4.57 Å². The number of nitrogens with zero attached hydrogens (tertiary/aromatic N) is 1. The van der Waals surface area contributed by atoms with E-state index in [9.17, 15) is 19.0 Å². The number of rotatable bonds is 65. The molecule has 0 aliphatic rings. The molecule has 0 rings (SSSR count). The monoisotopic (exact) mass is 1170 g/mol. The molecule has 0 bridgehead atoms. The van der Waals surface area contributed by atoms with E-state index in [1.54, 1.807) is 0 Å². The quantitative estimate of drug-likeness (QED) is 0.0211. The molecular weight excluding hydrogens is 1040 g/mol. The number of carbonyl (C=O) groups excluding carboxylic acids is 2. The van der Waals surface area contributed by atoms with Crippen LogP contribution >= 0.6 is 7.82 Å². The van der Waals surface area contributed by atoms with Gasteiger partial charge in [0, 0.05) is 12.8 Å². The number of likely N-dealkylation sites (N-methyl/N-ethyl adjacent to an activating group) is 1. The fourth-order valence-corrected chi connectivity index (χ4v) is 10.9. The average Bonchev–Trinajstić information content (AvgIpc) is 3.46. The molecule has 2 unspecified atom stereocenters. The Labute approximate surface area is 508 Å². The molecule has 0 spiro atoms. The lowest BCUT2D eigenvalue weighted by Gasteiger charge is -2.24. The Morgan fingerprint density at radius 3 is 0.976 bits per heavy atom. The molecule has 0 aliphatic heterocycles. The largest absolute Gasteiger partial charge is 0.472 e. The van der Waals surface area contributed by atoms with Crippen LogP contribution in [0.15, 0.2) is 60.8 Å². The summed E-state index contributed by atoms with van der Waals surface area (Å²) < 4.78 is 34.7. The van der Waals surface area contributed by atoms with Gasteiger partial charge in [0.1, 0.15) is 19.8 Å². The zero-order valence-corrected chi connectivity index (χ0v) is 55.6. The van der Waals surface area contributed by atoms with Crippen LogP contribution in [0.4, 0.5) is 0 Å². The summed E-state index contributed by atoms with van der Waals surface area (Å²) >= 11 is 0. The molecule has 0 saturated carbocycles. The van der Waals surface area contributed by atoms with Gasteiger partial charge >= 0.3 is 19.8 Å². The van der Waals surface area contributed by atoms with Crippen molar-refractivity contribution >= 4 is 19.8 Å². The Morgan fingerprint density at radius 1 is 0.378 bits per heavy atom. The molecule has 0 aromatic heterocycles. The second-order valence-electron chi connectivity index (χ2n) is 24.9. The summed E-state index contributed by atoms with van der Waals surface area (Å²) in [4.78, 5) is 35.8. The predicted octanol–water partition coefficient (Wildman–Crippen LogP) is 22.6. The van der Waals surface area contributed by atoms with E-state index >= 15 is 0 Å². The van der Waals surface area contributed by atoms with Crippen LogP contribution in [0, 0.1) is 0 Å². The number of unbranched alkanes of at least 4 members (excludes halogenated alkanes) is 41. The highest BCUT2D eigenvalue weighted by atomic mass is 31.2. The molecule has 0 saturated heterocycles. The molecule has 0 radical (unpaired) electrons. The second kappa shape index (κ2) is 63.2. The van der Waals surface area contributed by atoms with Crippen molar-refractivity contribution in [2.75, 3.05) is 47.5 Å². The molecule has 0 fully saturated rings. The highest BCUT2D eigenvalue weighted by Gasteiger charge is 2.27. The minimum absolute atomic E-state index is 0.0301. The van der Waals surface area contributed by atoms with Crippen molar-refractivity contribution < 1.29 is 42.1 Å². The van der Waals surface area contributed by atoms with Crippen LogP contribution in [0.3, 0.4) is 0 Å². The van der Waals surface area contributed by atoms with Crippen molar-refractivity contribution in [3.63, 3.8) is 0 Å². The second-order valence-corrected chi connectivity index (χ2v) is 26.4. The van der Waals surface area contributed by atoms with E-state index in [4.69, 9.17) is 18.5 Å². The number of hydrogen-bond donors (Lipinski definition) is 1. The Balaban J connectivity index is 3.99. The number of phosphoric acid groups is 1. The van der Waals surface area contributed by atoms with Gasteiger partial charge in [0.05, 0.1) is 27.7 Å². The van der Waals surface area contributed by atoms with Gasteiger partial charge in [-0.1, -0.05) is 299 Å². The van der Waals surface area contributed by atoms with Gasteiger partial charge < -0.3 is 18.9 Å². The minimum atomic E-state index is -4.39. The molecular formula is C72H135NO8P+. The van der Waals surface area contributed by atoms with Crippen molar-refractivity contribution in [3.8, 4) is 0 Å². The highest BCUT2D eigenvalue weighted by Crippen LogP contribution is 2.43. The fourth-order valence-electron chi connectivity index (χ4n) is 10.1. The summed E-state index contributed by atoms with van der Waals surface area (Å²) in [5.74, 6) is -0.792. The van der Waals surface area contributed by atoms with Crippen molar-refractivity contribution in [2.24, 2.45) is 0 Å². The average molecular weight is 1170 g/mol. The topological polar surface area (TPSA) is 108 Å². The molecule has 82 heavy (non-hydrogen) atoms. The zero-order valence-electron chi connectivity index (χ0n) is 54.7. The van der Waals surface area contributed by atoms with Crippen molar-refractivity contribution in [2.45, 2.75) is 341 Å². The Kier molecular flexibility index (Phi) is 61.5. The molecule has 1 N–H and O–H groups in total. The van der Waals surface area contributed by atoms with E-state index in [1.165, 1.54) is 238 Å². The standard InChI is InChI=1S/C72H134NO8P/c1-6-8-10-12-14-16-18-20-22-24-26-28-30-31-32-33-34-35-36-37-38-39-40-41-43-44-46-48-50-52-54-56-58-60-62-64-71(74)78-68-70(69-80-82(76,77)79-67-66-73(3,4)5)81-72(75)65-63-61-59-57-55-53-51-49-47-45-42-29-27-25-23-21-19-17-15-13-11-9-7-2/h18-21,24-27,42,45,70H,6-17,22-23,28-41,43-44,46-69H2,1-5H3/p+1/b20-18-,21-19-,26-24-,27-25-,45-42-. The Hall–Kier alpha value is -2.29. The maximum absolute atomic E-state index is 12.9. The first-order chi connectivity index (χ1) is 40.0. The number of ether oxygens (including phenoxy) is 2. The molecule has 10 heteroatoms. The number of esters is 2. The molecule has 9 nitrogen and oxygen atoms in total. The van der Waals surface area contributed by atoms with E-state index in [0.717, 1.165) is 64.2 Å². The molecule has 0 aliphatic carbocycles. The van der Waals surface area contributed by atoms with Crippen molar-refractivity contribution in [1.82, 2.24) is 0 Å². The number of allylic oxidation sites excluding steroid dienone is 10. The van der Waals surface area contributed by atoms with Crippen LogP contribution in [0.5, 0.6) is 0 Å². The summed E-state index contributed by atoms with van der Waals surface area (Å²) in [7, 11) is 1.48. The fraction of sp³-hybridized carbons (Fsp3) is 0.833. The van der Waals surface area contributed by atoms with Crippen LogP contribution in [0.2, 0.25) is 0 Å². The summed E-state index contributed by atoms with van der Waals surface area (Å²) in [6.45, 7) is 4.45. The van der Waals surface area contributed by atoms with Gasteiger partial charge in [-0.15, -0.1) is 0 Å². The van der Waals surface area contributed by atoms with Gasteiger partial charge in [-0.05, 0) is 83.5 Å². The Morgan fingerprint density at radius 2 is 0.659 bits per heavy atom. The normalized spacial score (nSPS) is 13.5. The van der Waals surface area contributed by atoms with Crippen LogP contribution < -0.4 is 0 Å². The van der Waals surface area contributed by atoms with E-state index in [1.807, 2.05) is 21.1 Å². The molecule has 0 aromatic rings. The minimum Gasteiger partial charge on any atom is -0.462 e. The van der Waals surface area contributed by atoms with Gasteiger partial charge in [0.15, 0.2) is 6.10 Å². The van der Waals surface area contributed by atoms with Crippen LogP contribution in [0.25, 0.3) is 0 Å². The molecule has 0 amide bonds. The summed E-state index contributed by atoms with van der Waals surface area (Å²) in [5.41, 5.74) is 0. The molecule has 0 heterocycles. The first-order valence-corrected chi connectivity index (χ1v) is 36.5. The number of carbonyl (C=O) groups is 2. The third-order valence-electron chi connectivity index (χ3n) is 15.5. The van der Waals surface area contributed by atoms with E-state index < -0.39 is 26.5 Å². The van der Waals surface area contributed by atoms with Crippen LogP contribution in [0.1, 0.15) is 335 Å². The predicted molar refractivity (Wildman–Crippen MR) is 353 cm³/mol. The third kappa shape index (κ3) is 66.8. The smallest absolute Gasteiger partial charge is 0.462 e. The zero-order chi connectivity index (χ0) is 59.8. The first kappa shape index (κ1) is 79.7. The lowest BCUT2D eigenvalue weighted by atomic mass is 10.0. The number of phosphoric ester groups is 1. The van der Waals surface area contributed by atoms with Gasteiger partial charge in [-0.3, -0.25) is 18.6 Å². The maximum Gasteiger partial charge on any atom is 0.472 e. The highest BCUT2D eigenvalue weighted by molar-refractivity contribution is 7.47. The van der Waals surface area contributed by atoms with E-state index in [-0.39, 0.29) is 32.0 Å².